The molecule has 1 aliphatic heterocycles. The number of aromatic nitrogens is 1. The Bertz CT molecular complexity index is 560. The first-order valence-corrected chi connectivity index (χ1v) is 8.17. The van der Waals surface area contributed by atoms with Crippen LogP contribution < -0.4 is 0 Å². The Hall–Kier alpha value is -1.18. The first kappa shape index (κ1) is 15.2. The first-order chi connectivity index (χ1) is 9.46. The zero-order valence-corrected chi connectivity index (χ0v) is 12.8. The molecule has 0 aromatic carbocycles. The lowest BCUT2D eigenvalue weighted by Gasteiger charge is -2.20. The largest absolute Gasteiger partial charge is 0.360 e. The van der Waals surface area contributed by atoms with Gasteiger partial charge in [0.15, 0.2) is 5.76 Å². The van der Waals surface area contributed by atoms with Gasteiger partial charge >= 0.3 is 0 Å². The van der Waals surface area contributed by atoms with Gasteiger partial charge in [0.2, 0.25) is 10.0 Å². The minimum absolute atomic E-state index is 0.217. The molecule has 20 heavy (non-hydrogen) atoms. The Labute approximate surface area is 120 Å². The van der Waals surface area contributed by atoms with E-state index in [4.69, 9.17) is 4.52 Å². The third-order valence-corrected chi connectivity index (χ3v) is 5.64. The van der Waals surface area contributed by atoms with Crippen molar-refractivity contribution >= 4 is 10.0 Å². The van der Waals surface area contributed by atoms with Gasteiger partial charge in [-0.3, -0.25) is 4.90 Å². The van der Waals surface area contributed by atoms with Crippen molar-refractivity contribution in [2.24, 2.45) is 0 Å². The predicted octanol–water partition coefficient (Wildman–Crippen LogP) is 1.17. The topological polar surface area (TPSA) is 66.7 Å². The molecule has 0 atom stereocenters. The molecule has 0 spiro atoms. The van der Waals surface area contributed by atoms with Gasteiger partial charge in [-0.2, -0.15) is 4.31 Å². The highest BCUT2D eigenvalue weighted by atomic mass is 32.2. The van der Waals surface area contributed by atoms with Gasteiger partial charge in [-0.1, -0.05) is 11.2 Å². The summed E-state index contributed by atoms with van der Waals surface area (Å²) in [5.41, 5.74) is 0.426. The molecule has 2 rings (SSSR count). The van der Waals surface area contributed by atoms with Crippen molar-refractivity contribution in [3.8, 4) is 0 Å². The molecule has 0 radical (unpaired) electrons. The van der Waals surface area contributed by atoms with E-state index in [1.165, 1.54) is 4.31 Å². The summed E-state index contributed by atoms with van der Waals surface area (Å²) in [6.07, 6.45) is 2.66. The molecule has 1 aliphatic rings. The van der Waals surface area contributed by atoms with Gasteiger partial charge in [0.25, 0.3) is 0 Å². The summed E-state index contributed by atoms with van der Waals surface area (Å²) in [4.78, 5) is 2.42. The third-order valence-electron chi connectivity index (χ3n) is 3.50. The number of aryl methyl sites for hydroxylation is 2. The highest BCUT2D eigenvalue weighted by Crippen LogP contribution is 2.24. The lowest BCUT2D eigenvalue weighted by molar-refractivity contribution is 0.316. The van der Waals surface area contributed by atoms with E-state index >= 15 is 0 Å². The molecule has 1 saturated heterocycles. The number of rotatable bonds is 4. The second kappa shape index (κ2) is 6.07. The second-order valence-electron chi connectivity index (χ2n) is 5.00. The SMILES string of the molecule is C=CCN1CCCN(S(=O)(=O)c2c(C)noc2C)CC1. The maximum absolute atomic E-state index is 12.7. The molecular formula is C13H21N3O3S. The monoisotopic (exact) mass is 299 g/mol. The molecule has 0 unspecified atom stereocenters. The van der Waals surface area contributed by atoms with Gasteiger partial charge in [0, 0.05) is 26.2 Å². The van der Waals surface area contributed by atoms with Crippen molar-refractivity contribution in [3.05, 3.63) is 24.1 Å². The predicted molar refractivity (Wildman–Crippen MR) is 76.0 cm³/mol. The molecule has 112 valence electrons. The van der Waals surface area contributed by atoms with Crippen LogP contribution in [0.15, 0.2) is 22.1 Å². The maximum Gasteiger partial charge on any atom is 0.248 e. The standard InChI is InChI=1S/C13H21N3O3S/c1-4-6-15-7-5-8-16(10-9-15)20(17,18)13-11(2)14-19-12(13)3/h4H,1,5-10H2,2-3H3. The number of nitrogens with zero attached hydrogens (tertiary/aromatic N) is 3. The first-order valence-electron chi connectivity index (χ1n) is 6.73. The van der Waals surface area contributed by atoms with Crippen LogP contribution in [0.2, 0.25) is 0 Å². The van der Waals surface area contributed by atoms with Gasteiger partial charge in [0.1, 0.15) is 10.6 Å². The quantitative estimate of drug-likeness (QED) is 0.781. The van der Waals surface area contributed by atoms with E-state index in [0.717, 1.165) is 19.5 Å². The third kappa shape index (κ3) is 2.94. The molecule has 0 saturated carbocycles. The van der Waals surface area contributed by atoms with Crippen LogP contribution in [-0.4, -0.2) is 55.5 Å². The van der Waals surface area contributed by atoms with E-state index in [0.29, 0.717) is 31.1 Å². The Morgan fingerprint density at radius 2 is 2.05 bits per heavy atom. The van der Waals surface area contributed by atoms with Crippen LogP contribution in [0.25, 0.3) is 0 Å². The molecule has 0 bridgehead atoms. The van der Waals surface area contributed by atoms with Crippen molar-refractivity contribution in [3.63, 3.8) is 0 Å². The number of hydrogen-bond acceptors (Lipinski definition) is 5. The lowest BCUT2D eigenvalue weighted by atomic mass is 10.4. The fourth-order valence-electron chi connectivity index (χ4n) is 2.52. The fraction of sp³-hybridized carbons (Fsp3) is 0.615. The maximum atomic E-state index is 12.7. The summed E-state index contributed by atoms with van der Waals surface area (Å²) in [6, 6.07) is 0. The minimum atomic E-state index is -3.52. The Kier molecular flexibility index (Phi) is 4.62. The summed E-state index contributed by atoms with van der Waals surface area (Å²) in [6.45, 7) is 10.4. The van der Waals surface area contributed by atoms with Crippen molar-refractivity contribution in [1.29, 1.82) is 0 Å². The molecule has 1 aromatic heterocycles. The van der Waals surface area contributed by atoms with Gasteiger partial charge in [-0.05, 0) is 26.8 Å². The van der Waals surface area contributed by atoms with Gasteiger partial charge in [-0.25, -0.2) is 8.42 Å². The van der Waals surface area contributed by atoms with Crippen LogP contribution in [0.1, 0.15) is 17.9 Å². The molecular weight excluding hydrogens is 278 g/mol. The normalized spacial score (nSPS) is 18.9. The highest BCUT2D eigenvalue weighted by molar-refractivity contribution is 7.89. The van der Waals surface area contributed by atoms with E-state index in [1.807, 2.05) is 6.08 Å². The van der Waals surface area contributed by atoms with E-state index < -0.39 is 10.0 Å². The van der Waals surface area contributed by atoms with Crippen molar-refractivity contribution < 1.29 is 12.9 Å². The zero-order chi connectivity index (χ0) is 14.8. The molecule has 1 fully saturated rings. The van der Waals surface area contributed by atoms with Gasteiger partial charge in [0.05, 0.1) is 0 Å². The van der Waals surface area contributed by atoms with Crippen LogP contribution in [0.5, 0.6) is 0 Å². The molecule has 2 heterocycles. The van der Waals surface area contributed by atoms with Gasteiger partial charge < -0.3 is 4.52 Å². The Balaban J connectivity index is 2.20. The smallest absolute Gasteiger partial charge is 0.248 e. The average Bonchev–Trinajstić information content (AvgIpc) is 2.62. The van der Waals surface area contributed by atoms with Crippen LogP contribution in [0, 0.1) is 13.8 Å². The fourth-order valence-corrected chi connectivity index (χ4v) is 4.29. The Morgan fingerprint density at radius 1 is 1.30 bits per heavy atom. The number of hydrogen-bond donors (Lipinski definition) is 0. The summed E-state index contributed by atoms with van der Waals surface area (Å²) in [7, 11) is -3.52. The van der Waals surface area contributed by atoms with Crippen molar-refractivity contribution in [2.45, 2.75) is 25.2 Å². The second-order valence-corrected chi connectivity index (χ2v) is 6.87. The van der Waals surface area contributed by atoms with Crippen molar-refractivity contribution in [2.75, 3.05) is 32.7 Å². The van der Waals surface area contributed by atoms with Crippen LogP contribution in [0.4, 0.5) is 0 Å². The van der Waals surface area contributed by atoms with E-state index in [2.05, 4.69) is 16.6 Å². The average molecular weight is 299 g/mol. The summed E-state index contributed by atoms with van der Waals surface area (Å²) in [5.74, 6) is 0.356. The number of sulfonamides is 1. The van der Waals surface area contributed by atoms with E-state index in [-0.39, 0.29) is 4.90 Å². The lowest BCUT2D eigenvalue weighted by Crippen LogP contribution is -2.35. The molecule has 6 nitrogen and oxygen atoms in total. The summed E-state index contributed by atoms with van der Waals surface area (Å²) < 4.78 is 31.9. The van der Waals surface area contributed by atoms with Crippen molar-refractivity contribution in [1.82, 2.24) is 14.4 Å². The van der Waals surface area contributed by atoms with E-state index in [1.54, 1.807) is 13.8 Å². The molecule has 0 amide bonds. The molecule has 7 heteroatoms. The van der Waals surface area contributed by atoms with Crippen LogP contribution >= 0.6 is 0 Å². The van der Waals surface area contributed by atoms with Crippen LogP contribution in [-0.2, 0) is 10.0 Å². The Morgan fingerprint density at radius 3 is 2.65 bits per heavy atom. The minimum Gasteiger partial charge on any atom is -0.360 e. The molecule has 0 aliphatic carbocycles. The highest BCUT2D eigenvalue weighted by Gasteiger charge is 2.31. The summed E-state index contributed by atoms with van der Waals surface area (Å²) >= 11 is 0. The summed E-state index contributed by atoms with van der Waals surface area (Å²) in [5, 5.41) is 3.74. The zero-order valence-electron chi connectivity index (χ0n) is 12.0. The van der Waals surface area contributed by atoms with Crippen LogP contribution in [0.3, 0.4) is 0 Å². The molecule has 0 N–H and O–H groups in total. The molecule has 1 aromatic rings. The van der Waals surface area contributed by atoms with E-state index in [9.17, 15) is 8.42 Å². The van der Waals surface area contributed by atoms with Gasteiger partial charge in [-0.15, -0.1) is 6.58 Å².